The van der Waals surface area contributed by atoms with Gasteiger partial charge in [0.25, 0.3) is 0 Å². The van der Waals surface area contributed by atoms with Crippen LogP contribution in [0.25, 0.3) is 10.9 Å². The van der Waals surface area contributed by atoms with Gasteiger partial charge in [-0.3, -0.25) is 14.5 Å². The van der Waals surface area contributed by atoms with Crippen LogP contribution in [0.5, 0.6) is 5.75 Å². The van der Waals surface area contributed by atoms with Gasteiger partial charge in [0.05, 0.1) is 5.39 Å². The summed E-state index contributed by atoms with van der Waals surface area (Å²) in [5.41, 5.74) is -0.524. The molecular weight excluding hydrogens is 395 g/mol. The fourth-order valence-electron chi connectivity index (χ4n) is 4.09. The molecule has 0 spiro atoms. The third-order valence-electron chi connectivity index (χ3n) is 5.49. The quantitative estimate of drug-likeness (QED) is 0.583. The summed E-state index contributed by atoms with van der Waals surface area (Å²) in [6, 6.07) is 1.16. The molecule has 2 aliphatic rings. The van der Waals surface area contributed by atoms with Crippen LogP contribution in [0.4, 0.5) is 16.0 Å². The lowest BCUT2D eigenvalue weighted by atomic mass is 10.1. The molecule has 1 saturated heterocycles. The standard InChI is InChI=1S/C19H19FN6O4/c1-24-9-30-17-14-11(16(27)12(18(28)29)8-26(14)24)6-13(20)15(17)25-5-2-10(7-25)23-19-21-3-4-22-19/h3-4,6,8,10H,2,5,7,9H2,1H3,(H,28,29)(H2,21,22,23)/t10-/m1/s1. The summed E-state index contributed by atoms with van der Waals surface area (Å²) in [5.74, 6) is -1.08. The number of aromatic amines is 1. The molecule has 1 atom stereocenters. The van der Waals surface area contributed by atoms with Crippen molar-refractivity contribution in [3.8, 4) is 5.75 Å². The van der Waals surface area contributed by atoms with Crippen molar-refractivity contribution in [2.45, 2.75) is 12.5 Å². The molecule has 1 fully saturated rings. The lowest BCUT2D eigenvalue weighted by Crippen LogP contribution is -2.40. The van der Waals surface area contributed by atoms with Crippen molar-refractivity contribution in [2.75, 3.05) is 42.1 Å². The minimum atomic E-state index is -1.36. The van der Waals surface area contributed by atoms with Crippen molar-refractivity contribution in [3.05, 3.63) is 46.3 Å². The van der Waals surface area contributed by atoms with E-state index in [0.717, 1.165) is 12.5 Å². The number of nitrogens with zero attached hydrogens (tertiary/aromatic N) is 4. The number of anilines is 2. The van der Waals surface area contributed by atoms with Gasteiger partial charge in [0.1, 0.15) is 16.8 Å². The summed E-state index contributed by atoms with van der Waals surface area (Å²) < 4.78 is 22.6. The Kier molecular flexibility index (Phi) is 4.05. The lowest BCUT2D eigenvalue weighted by Gasteiger charge is -2.33. The molecule has 11 heteroatoms. The zero-order valence-corrected chi connectivity index (χ0v) is 16.1. The van der Waals surface area contributed by atoms with E-state index in [0.29, 0.717) is 24.6 Å². The van der Waals surface area contributed by atoms with Crippen molar-refractivity contribution in [1.29, 1.82) is 0 Å². The fourth-order valence-corrected chi connectivity index (χ4v) is 4.09. The van der Waals surface area contributed by atoms with E-state index in [2.05, 4.69) is 15.3 Å². The summed E-state index contributed by atoms with van der Waals surface area (Å²) in [6.45, 7) is 1.19. The average Bonchev–Trinajstić information content (AvgIpc) is 3.38. The molecule has 2 aromatic heterocycles. The molecule has 10 nitrogen and oxygen atoms in total. The molecule has 30 heavy (non-hydrogen) atoms. The first-order chi connectivity index (χ1) is 14.4. The predicted octanol–water partition coefficient (Wildman–Crippen LogP) is 1.17. The lowest BCUT2D eigenvalue weighted by molar-refractivity contribution is 0.0694. The number of benzene rings is 1. The van der Waals surface area contributed by atoms with Gasteiger partial charge in [0, 0.05) is 44.8 Å². The molecular formula is C19H19FN6O4. The number of aromatic nitrogens is 3. The van der Waals surface area contributed by atoms with Gasteiger partial charge in [-0.1, -0.05) is 0 Å². The highest BCUT2D eigenvalue weighted by Gasteiger charge is 2.32. The molecule has 0 unspecified atom stereocenters. The smallest absolute Gasteiger partial charge is 0.341 e. The first kappa shape index (κ1) is 18.3. The van der Waals surface area contributed by atoms with Crippen molar-refractivity contribution >= 4 is 28.5 Å². The number of carbonyl (C=O) groups is 1. The zero-order valence-electron chi connectivity index (χ0n) is 16.1. The number of rotatable bonds is 4. The first-order valence-corrected chi connectivity index (χ1v) is 9.44. The number of halogens is 1. The van der Waals surface area contributed by atoms with Crippen molar-refractivity contribution < 1.29 is 19.0 Å². The molecule has 0 bridgehead atoms. The van der Waals surface area contributed by atoms with Gasteiger partial charge < -0.3 is 25.0 Å². The van der Waals surface area contributed by atoms with E-state index < -0.39 is 22.8 Å². The molecule has 1 aromatic carbocycles. The number of carboxylic acid groups (broad SMARTS) is 1. The molecule has 0 radical (unpaired) electrons. The predicted molar refractivity (Wildman–Crippen MR) is 108 cm³/mol. The third-order valence-corrected chi connectivity index (χ3v) is 5.49. The van der Waals surface area contributed by atoms with Crippen LogP contribution >= 0.6 is 0 Å². The van der Waals surface area contributed by atoms with Crippen LogP contribution in [-0.2, 0) is 0 Å². The number of imidazole rings is 1. The highest BCUT2D eigenvalue weighted by atomic mass is 19.1. The summed E-state index contributed by atoms with van der Waals surface area (Å²) in [6.07, 6.45) is 5.39. The Morgan fingerprint density at radius 1 is 1.47 bits per heavy atom. The van der Waals surface area contributed by atoms with Crippen LogP contribution < -0.4 is 25.4 Å². The number of hydrogen-bond acceptors (Lipinski definition) is 7. The molecule has 3 N–H and O–H groups in total. The Bertz CT molecular complexity index is 1210. The molecule has 4 heterocycles. The van der Waals surface area contributed by atoms with Crippen LogP contribution in [-0.4, -0.2) is 58.6 Å². The third kappa shape index (κ3) is 2.73. The van der Waals surface area contributed by atoms with Crippen molar-refractivity contribution in [1.82, 2.24) is 14.6 Å². The molecule has 5 rings (SSSR count). The van der Waals surface area contributed by atoms with E-state index in [4.69, 9.17) is 4.74 Å². The van der Waals surface area contributed by atoms with E-state index in [1.807, 2.05) is 4.90 Å². The van der Waals surface area contributed by atoms with Gasteiger partial charge in [-0.05, 0) is 12.5 Å². The maximum absolute atomic E-state index is 15.2. The second kappa shape index (κ2) is 6.65. The van der Waals surface area contributed by atoms with Gasteiger partial charge in [-0.15, -0.1) is 0 Å². The largest absolute Gasteiger partial charge is 0.477 e. The minimum Gasteiger partial charge on any atom is -0.477 e. The summed E-state index contributed by atoms with van der Waals surface area (Å²) in [5, 5.41) is 14.2. The van der Waals surface area contributed by atoms with Crippen LogP contribution in [0.3, 0.4) is 0 Å². The summed E-state index contributed by atoms with van der Waals surface area (Å²) >= 11 is 0. The SMILES string of the molecule is CN1COc2c(N3CC[C@@H](Nc4ncc[nH]4)C3)c(F)cc3c(=O)c(C(=O)O)cn1c23. The Hall–Kier alpha value is -3.76. The Balaban J connectivity index is 1.61. The first-order valence-electron chi connectivity index (χ1n) is 9.44. The molecule has 0 amide bonds. The van der Waals surface area contributed by atoms with Gasteiger partial charge in [0.2, 0.25) is 5.43 Å². The van der Waals surface area contributed by atoms with Gasteiger partial charge in [-0.25, -0.2) is 14.2 Å². The number of hydrogen-bond donors (Lipinski definition) is 3. The molecule has 3 aromatic rings. The molecule has 2 aliphatic heterocycles. The summed E-state index contributed by atoms with van der Waals surface area (Å²) in [7, 11) is 1.70. The average molecular weight is 414 g/mol. The highest BCUT2D eigenvalue weighted by molar-refractivity contribution is 5.97. The van der Waals surface area contributed by atoms with E-state index in [1.165, 1.54) is 10.9 Å². The van der Waals surface area contributed by atoms with Crippen molar-refractivity contribution in [3.63, 3.8) is 0 Å². The fraction of sp³-hybridized carbons (Fsp3) is 0.316. The number of nitrogens with one attached hydrogen (secondary N) is 2. The Morgan fingerprint density at radius 3 is 3.03 bits per heavy atom. The van der Waals surface area contributed by atoms with Gasteiger partial charge >= 0.3 is 5.97 Å². The number of H-pyrrole nitrogens is 1. The number of aromatic carboxylic acids is 1. The Labute approximate surface area is 169 Å². The Morgan fingerprint density at radius 2 is 2.30 bits per heavy atom. The molecule has 0 saturated carbocycles. The second-order valence-electron chi connectivity index (χ2n) is 7.40. The zero-order chi connectivity index (χ0) is 21.0. The van der Waals surface area contributed by atoms with Crippen LogP contribution in [0.2, 0.25) is 0 Å². The normalized spacial score (nSPS) is 18.0. The maximum Gasteiger partial charge on any atom is 0.341 e. The summed E-state index contributed by atoms with van der Waals surface area (Å²) in [4.78, 5) is 33.2. The highest BCUT2D eigenvalue weighted by Crippen LogP contribution is 2.41. The topological polar surface area (TPSA) is 116 Å². The minimum absolute atomic E-state index is 0.0258. The monoisotopic (exact) mass is 414 g/mol. The van der Waals surface area contributed by atoms with Crippen molar-refractivity contribution in [2.24, 2.45) is 0 Å². The van der Waals surface area contributed by atoms with Crippen LogP contribution in [0.15, 0.2) is 29.5 Å². The van der Waals surface area contributed by atoms with Gasteiger partial charge in [-0.2, -0.15) is 0 Å². The molecule has 156 valence electrons. The van der Waals surface area contributed by atoms with Crippen LogP contribution in [0.1, 0.15) is 16.8 Å². The van der Waals surface area contributed by atoms with Gasteiger partial charge in [0.15, 0.2) is 24.2 Å². The van der Waals surface area contributed by atoms with E-state index in [9.17, 15) is 14.7 Å². The molecule has 0 aliphatic carbocycles. The second-order valence-corrected chi connectivity index (χ2v) is 7.40. The number of carboxylic acids is 1. The maximum atomic E-state index is 15.2. The van der Waals surface area contributed by atoms with E-state index >= 15 is 4.39 Å². The van der Waals surface area contributed by atoms with Crippen LogP contribution in [0, 0.1) is 5.82 Å². The number of ether oxygens (including phenoxy) is 1. The van der Waals surface area contributed by atoms with E-state index in [1.54, 1.807) is 24.5 Å². The van der Waals surface area contributed by atoms with E-state index in [-0.39, 0.29) is 29.6 Å². The number of pyridine rings is 1.